The molecule has 3 rings (SSSR count). The van der Waals surface area contributed by atoms with E-state index in [0.717, 1.165) is 5.56 Å². The first-order valence-corrected chi connectivity index (χ1v) is 8.66. The number of hydrogen-bond donors (Lipinski definition) is 1. The Morgan fingerprint density at radius 1 is 1.11 bits per heavy atom. The summed E-state index contributed by atoms with van der Waals surface area (Å²) in [6.07, 6.45) is -0.0543. The zero-order valence-corrected chi connectivity index (χ0v) is 15.1. The van der Waals surface area contributed by atoms with Crippen LogP contribution in [0.15, 0.2) is 57.7 Å². The average Bonchev–Trinajstić information content (AvgIpc) is 2.99. The Hall–Kier alpha value is -3.06. The maximum absolute atomic E-state index is 11.8. The van der Waals surface area contributed by atoms with Gasteiger partial charge in [-0.3, -0.25) is 14.2 Å². The number of carbonyl (C=O) groups is 2. The lowest BCUT2D eigenvalue weighted by Gasteiger charge is -2.08. The Kier molecular flexibility index (Phi) is 5.93. The molecule has 0 saturated heterocycles. The molecule has 0 aliphatic carbocycles. The molecule has 0 radical (unpaired) electrons. The van der Waals surface area contributed by atoms with Gasteiger partial charge in [-0.2, -0.15) is 0 Å². The zero-order valence-electron chi connectivity index (χ0n) is 14.3. The molecular formula is C19H17ClN2O5. The van der Waals surface area contributed by atoms with E-state index in [4.69, 9.17) is 20.8 Å². The molecule has 27 heavy (non-hydrogen) atoms. The van der Waals surface area contributed by atoms with E-state index in [0.29, 0.717) is 16.1 Å². The van der Waals surface area contributed by atoms with Crippen molar-refractivity contribution in [3.05, 3.63) is 69.7 Å². The third-order valence-corrected chi connectivity index (χ3v) is 4.28. The van der Waals surface area contributed by atoms with Gasteiger partial charge in [0, 0.05) is 18.1 Å². The standard InChI is InChI=1S/C19H17ClN2O5/c20-14-6-2-1-5-13(14)11-21-17(23)12-26-18(24)9-10-22-15-7-3-4-8-16(15)27-19(22)25/h1-8H,9-12H2,(H,21,23). The van der Waals surface area contributed by atoms with Crippen LogP contribution in [-0.2, 0) is 27.4 Å². The van der Waals surface area contributed by atoms with E-state index in [-0.39, 0.29) is 19.5 Å². The number of amides is 1. The molecule has 1 aromatic heterocycles. The lowest BCUT2D eigenvalue weighted by Crippen LogP contribution is -2.28. The van der Waals surface area contributed by atoms with Crippen molar-refractivity contribution in [3.63, 3.8) is 0 Å². The van der Waals surface area contributed by atoms with Crippen molar-refractivity contribution in [2.24, 2.45) is 0 Å². The van der Waals surface area contributed by atoms with Crippen LogP contribution in [0, 0.1) is 0 Å². The van der Waals surface area contributed by atoms with E-state index in [1.54, 1.807) is 42.5 Å². The summed E-state index contributed by atoms with van der Waals surface area (Å²) in [4.78, 5) is 35.5. The fraction of sp³-hybridized carbons (Fsp3) is 0.211. The van der Waals surface area contributed by atoms with E-state index in [1.807, 2.05) is 6.07 Å². The molecule has 0 saturated carbocycles. The van der Waals surface area contributed by atoms with Crippen molar-refractivity contribution in [1.29, 1.82) is 0 Å². The van der Waals surface area contributed by atoms with Crippen LogP contribution in [0.2, 0.25) is 5.02 Å². The molecule has 1 N–H and O–H groups in total. The molecule has 2 aromatic carbocycles. The summed E-state index contributed by atoms with van der Waals surface area (Å²) >= 11 is 6.01. The van der Waals surface area contributed by atoms with Crippen molar-refractivity contribution in [2.45, 2.75) is 19.5 Å². The van der Waals surface area contributed by atoms with Gasteiger partial charge in [-0.25, -0.2) is 4.79 Å². The van der Waals surface area contributed by atoms with Crippen LogP contribution in [0.5, 0.6) is 0 Å². The summed E-state index contributed by atoms with van der Waals surface area (Å²) < 4.78 is 11.4. The van der Waals surface area contributed by atoms with Crippen LogP contribution in [0.1, 0.15) is 12.0 Å². The largest absolute Gasteiger partial charge is 0.456 e. The van der Waals surface area contributed by atoms with Crippen LogP contribution in [0.4, 0.5) is 0 Å². The van der Waals surface area contributed by atoms with Gasteiger partial charge in [-0.15, -0.1) is 0 Å². The van der Waals surface area contributed by atoms with Gasteiger partial charge in [0.05, 0.1) is 11.9 Å². The highest BCUT2D eigenvalue weighted by Crippen LogP contribution is 2.14. The molecule has 1 amide bonds. The smallest absolute Gasteiger partial charge is 0.419 e. The SMILES string of the molecule is O=C(COC(=O)CCn1c(=O)oc2ccccc21)NCc1ccccc1Cl. The molecule has 7 nitrogen and oxygen atoms in total. The van der Waals surface area contributed by atoms with Crippen molar-refractivity contribution >= 4 is 34.6 Å². The Bertz CT molecular complexity index is 1020. The van der Waals surface area contributed by atoms with Gasteiger partial charge in [0.25, 0.3) is 5.91 Å². The Morgan fingerprint density at radius 2 is 1.85 bits per heavy atom. The highest BCUT2D eigenvalue weighted by molar-refractivity contribution is 6.31. The van der Waals surface area contributed by atoms with Gasteiger partial charge < -0.3 is 14.5 Å². The molecule has 0 spiro atoms. The number of para-hydroxylation sites is 2. The molecule has 0 aliphatic heterocycles. The highest BCUT2D eigenvalue weighted by atomic mass is 35.5. The van der Waals surface area contributed by atoms with E-state index in [1.165, 1.54) is 4.57 Å². The molecule has 0 atom stereocenters. The van der Waals surface area contributed by atoms with Gasteiger partial charge in [0.15, 0.2) is 12.2 Å². The van der Waals surface area contributed by atoms with Crippen molar-refractivity contribution in [1.82, 2.24) is 9.88 Å². The zero-order chi connectivity index (χ0) is 19.2. The Labute approximate surface area is 159 Å². The number of esters is 1. The van der Waals surface area contributed by atoms with Crippen LogP contribution in [-0.4, -0.2) is 23.1 Å². The molecule has 140 valence electrons. The second-order valence-corrected chi connectivity index (χ2v) is 6.17. The van der Waals surface area contributed by atoms with Crippen LogP contribution in [0.3, 0.4) is 0 Å². The quantitative estimate of drug-likeness (QED) is 0.628. The highest BCUT2D eigenvalue weighted by Gasteiger charge is 2.12. The number of halogens is 1. The third-order valence-electron chi connectivity index (χ3n) is 3.91. The number of benzene rings is 2. The van der Waals surface area contributed by atoms with Crippen molar-refractivity contribution in [3.8, 4) is 0 Å². The van der Waals surface area contributed by atoms with Gasteiger partial charge in [-0.05, 0) is 23.8 Å². The molecule has 1 heterocycles. The number of rotatable bonds is 7. The van der Waals surface area contributed by atoms with Crippen LogP contribution >= 0.6 is 11.6 Å². The Balaban J connectivity index is 1.45. The van der Waals surface area contributed by atoms with Gasteiger partial charge in [-0.1, -0.05) is 41.9 Å². The fourth-order valence-electron chi connectivity index (χ4n) is 2.53. The molecule has 0 unspecified atom stereocenters. The number of ether oxygens (including phenoxy) is 1. The number of nitrogens with one attached hydrogen (secondary N) is 1. The third kappa shape index (κ3) is 4.77. The number of carbonyl (C=O) groups excluding carboxylic acids is 2. The van der Waals surface area contributed by atoms with E-state index >= 15 is 0 Å². The molecule has 8 heteroatoms. The summed E-state index contributed by atoms with van der Waals surface area (Å²) in [7, 11) is 0. The first kappa shape index (κ1) is 18.7. The van der Waals surface area contributed by atoms with Crippen LogP contribution < -0.4 is 11.1 Å². The average molecular weight is 389 g/mol. The van der Waals surface area contributed by atoms with E-state index < -0.39 is 24.2 Å². The molecular weight excluding hydrogens is 372 g/mol. The topological polar surface area (TPSA) is 90.5 Å². The summed E-state index contributed by atoms with van der Waals surface area (Å²) in [5.74, 6) is -1.56. The minimum atomic E-state index is -0.583. The van der Waals surface area contributed by atoms with Crippen molar-refractivity contribution in [2.75, 3.05) is 6.61 Å². The molecule has 0 fully saturated rings. The second kappa shape index (κ2) is 8.55. The molecule has 3 aromatic rings. The number of oxazole rings is 1. The van der Waals surface area contributed by atoms with Gasteiger partial charge >= 0.3 is 11.7 Å². The van der Waals surface area contributed by atoms with Crippen LogP contribution in [0.25, 0.3) is 11.1 Å². The first-order valence-electron chi connectivity index (χ1n) is 8.28. The first-order chi connectivity index (χ1) is 13.0. The summed E-state index contributed by atoms with van der Waals surface area (Å²) in [6.45, 7) is -0.0489. The normalized spacial score (nSPS) is 10.7. The Morgan fingerprint density at radius 3 is 2.67 bits per heavy atom. The maximum Gasteiger partial charge on any atom is 0.419 e. The van der Waals surface area contributed by atoms with Crippen molar-refractivity contribution < 1.29 is 18.7 Å². The van der Waals surface area contributed by atoms with E-state index in [9.17, 15) is 14.4 Å². The summed E-state index contributed by atoms with van der Waals surface area (Å²) in [6, 6.07) is 14.1. The number of aromatic nitrogens is 1. The predicted octanol–water partition coefficient (Wildman–Crippen LogP) is 2.50. The number of hydrogen-bond acceptors (Lipinski definition) is 5. The number of fused-ring (bicyclic) bond motifs is 1. The summed E-state index contributed by atoms with van der Waals surface area (Å²) in [5, 5.41) is 3.18. The predicted molar refractivity (Wildman–Crippen MR) is 99.3 cm³/mol. The van der Waals surface area contributed by atoms with Gasteiger partial charge in [0.1, 0.15) is 0 Å². The summed E-state index contributed by atoms with van der Waals surface area (Å²) in [5.41, 5.74) is 1.83. The maximum atomic E-state index is 11.8. The number of aryl methyl sites for hydroxylation is 1. The van der Waals surface area contributed by atoms with E-state index in [2.05, 4.69) is 5.32 Å². The lowest BCUT2D eigenvalue weighted by atomic mass is 10.2. The minimum Gasteiger partial charge on any atom is -0.456 e. The molecule has 0 bridgehead atoms. The second-order valence-electron chi connectivity index (χ2n) is 5.77. The van der Waals surface area contributed by atoms with Gasteiger partial charge in [0.2, 0.25) is 0 Å². The molecule has 0 aliphatic rings. The lowest BCUT2D eigenvalue weighted by molar-refractivity contribution is -0.148. The monoisotopic (exact) mass is 388 g/mol. The minimum absolute atomic E-state index is 0.0543. The fourth-order valence-corrected chi connectivity index (χ4v) is 2.74. The number of nitrogens with zero attached hydrogens (tertiary/aromatic N) is 1.